The van der Waals surface area contributed by atoms with Crippen molar-refractivity contribution in [1.82, 2.24) is 0 Å². The van der Waals surface area contributed by atoms with Crippen LogP contribution in [0.25, 0.3) is 9.40 Å². The summed E-state index contributed by atoms with van der Waals surface area (Å²) in [5, 5.41) is 4.05. The lowest BCUT2D eigenvalue weighted by Crippen LogP contribution is -1.93. The van der Waals surface area contributed by atoms with E-state index in [-0.39, 0.29) is 0 Å². The molecular formula is C6H2BBrS2. The van der Waals surface area contributed by atoms with Gasteiger partial charge in [-0.15, -0.1) is 22.7 Å². The van der Waals surface area contributed by atoms with Gasteiger partial charge in [0.1, 0.15) is 7.85 Å². The molecule has 0 bridgehead atoms. The Bertz CT molecular complexity index is 327. The summed E-state index contributed by atoms with van der Waals surface area (Å²) in [5.41, 5.74) is 0.899. The van der Waals surface area contributed by atoms with Crippen molar-refractivity contribution in [2.24, 2.45) is 0 Å². The molecule has 0 fully saturated rings. The van der Waals surface area contributed by atoms with Crippen molar-refractivity contribution in [2.75, 3.05) is 0 Å². The van der Waals surface area contributed by atoms with Crippen LogP contribution in [0.3, 0.4) is 0 Å². The minimum atomic E-state index is 0.899. The molecule has 2 aromatic rings. The molecule has 0 saturated heterocycles. The molecule has 10 heavy (non-hydrogen) atoms. The van der Waals surface area contributed by atoms with Crippen molar-refractivity contribution in [3.63, 3.8) is 0 Å². The first-order valence-corrected chi connectivity index (χ1v) is 5.24. The first-order chi connectivity index (χ1) is 4.79. The predicted molar refractivity (Wildman–Crippen MR) is 52.8 cm³/mol. The van der Waals surface area contributed by atoms with Gasteiger partial charge in [0, 0.05) is 14.6 Å². The summed E-state index contributed by atoms with van der Waals surface area (Å²) in [7, 11) is 5.69. The van der Waals surface area contributed by atoms with Gasteiger partial charge in [-0.1, -0.05) is 5.46 Å². The molecule has 4 heteroatoms. The molecule has 0 N–H and O–H groups in total. The van der Waals surface area contributed by atoms with Gasteiger partial charge in [-0.3, -0.25) is 0 Å². The summed E-state index contributed by atoms with van der Waals surface area (Å²) in [5.74, 6) is 0. The van der Waals surface area contributed by atoms with Crippen LogP contribution in [0.1, 0.15) is 0 Å². The lowest BCUT2D eigenvalue weighted by Gasteiger charge is -1.77. The molecule has 0 aromatic carbocycles. The van der Waals surface area contributed by atoms with Crippen LogP contribution < -0.4 is 5.46 Å². The fourth-order valence-corrected chi connectivity index (χ4v) is 3.65. The van der Waals surface area contributed by atoms with E-state index in [9.17, 15) is 0 Å². The fraction of sp³-hybridized carbons (Fsp3) is 0. The van der Waals surface area contributed by atoms with E-state index < -0.39 is 0 Å². The van der Waals surface area contributed by atoms with E-state index in [0.29, 0.717) is 0 Å². The molecule has 2 rings (SSSR count). The lowest BCUT2D eigenvalue weighted by atomic mass is 10.0. The minimum absolute atomic E-state index is 0.899. The Morgan fingerprint density at radius 2 is 1.90 bits per heavy atom. The summed E-state index contributed by atoms with van der Waals surface area (Å²) < 4.78 is 3.63. The van der Waals surface area contributed by atoms with Gasteiger partial charge < -0.3 is 0 Å². The highest BCUT2D eigenvalue weighted by Gasteiger charge is 2.04. The highest BCUT2D eigenvalue weighted by atomic mass is 79.9. The summed E-state index contributed by atoms with van der Waals surface area (Å²) in [4.78, 5) is 0. The topological polar surface area (TPSA) is 0 Å². The smallest absolute Gasteiger partial charge is 0.116 e. The summed E-state index contributed by atoms with van der Waals surface area (Å²) >= 11 is 6.82. The Hall–Kier alpha value is 0.205. The molecule has 2 aromatic heterocycles. The Balaban J connectivity index is 2.95. The monoisotopic (exact) mass is 228 g/mol. The highest BCUT2D eigenvalue weighted by Crippen LogP contribution is 2.32. The third kappa shape index (κ3) is 0.864. The normalized spacial score (nSPS) is 10.9. The number of hydrogen-bond donors (Lipinski definition) is 0. The van der Waals surface area contributed by atoms with Gasteiger partial charge in [-0.25, -0.2) is 0 Å². The molecule has 0 atom stereocenters. The second-order valence-corrected chi connectivity index (χ2v) is 4.55. The maximum atomic E-state index is 5.69. The Morgan fingerprint density at radius 1 is 1.20 bits per heavy atom. The molecule has 48 valence electrons. The van der Waals surface area contributed by atoms with E-state index in [2.05, 4.69) is 21.3 Å². The predicted octanol–water partition coefficient (Wildman–Crippen LogP) is 2.52. The van der Waals surface area contributed by atoms with Gasteiger partial charge in [-0.05, 0) is 21.3 Å². The van der Waals surface area contributed by atoms with Crippen LogP contribution in [0, 0.1) is 0 Å². The van der Waals surface area contributed by atoms with Crippen LogP contribution in [0.15, 0.2) is 15.2 Å². The zero-order valence-corrected chi connectivity index (χ0v) is 8.15. The van der Waals surface area contributed by atoms with Crippen LogP contribution in [0.5, 0.6) is 0 Å². The number of rotatable bonds is 0. The molecule has 0 amide bonds. The van der Waals surface area contributed by atoms with Crippen molar-refractivity contribution >= 4 is 61.3 Å². The van der Waals surface area contributed by atoms with Crippen LogP contribution in [-0.4, -0.2) is 7.85 Å². The maximum Gasteiger partial charge on any atom is 0.116 e. The maximum absolute atomic E-state index is 5.69. The number of halogens is 1. The molecule has 0 aliphatic carbocycles. The van der Waals surface area contributed by atoms with Crippen LogP contribution in [0.2, 0.25) is 0 Å². The average Bonchev–Trinajstić information content (AvgIpc) is 2.41. The van der Waals surface area contributed by atoms with Crippen molar-refractivity contribution in [3.8, 4) is 0 Å². The second kappa shape index (κ2) is 2.36. The average molecular weight is 229 g/mol. The van der Waals surface area contributed by atoms with Gasteiger partial charge in [0.25, 0.3) is 0 Å². The third-order valence-electron chi connectivity index (χ3n) is 1.27. The molecule has 0 spiro atoms. The molecule has 2 radical (unpaired) electrons. The molecule has 0 aliphatic rings. The summed E-state index contributed by atoms with van der Waals surface area (Å²) in [6.07, 6.45) is 0. The van der Waals surface area contributed by atoms with Gasteiger partial charge >= 0.3 is 0 Å². The van der Waals surface area contributed by atoms with Crippen LogP contribution >= 0.6 is 38.6 Å². The van der Waals surface area contributed by atoms with Crippen LogP contribution in [0.4, 0.5) is 0 Å². The van der Waals surface area contributed by atoms with E-state index >= 15 is 0 Å². The van der Waals surface area contributed by atoms with Crippen LogP contribution in [-0.2, 0) is 0 Å². The van der Waals surface area contributed by atoms with E-state index in [0.717, 1.165) is 9.94 Å². The Labute approximate surface area is 76.4 Å². The summed E-state index contributed by atoms with van der Waals surface area (Å²) in [6, 6.07) is 0. The third-order valence-corrected chi connectivity index (χ3v) is 4.65. The molecule has 0 saturated carbocycles. The number of fused-ring (bicyclic) bond motifs is 1. The van der Waals surface area contributed by atoms with Gasteiger partial charge in [0.05, 0.1) is 4.70 Å². The molecule has 0 nitrogen and oxygen atoms in total. The van der Waals surface area contributed by atoms with Gasteiger partial charge in [0.2, 0.25) is 0 Å². The van der Waals surface area contributed by atoms with E-state index in [1.807, 2.05) is 5.38 Å². The minimum Gasteiger partial charge on any atom is -0.142 e. The highest BCUT2D eigenvalue weighted by molar-refractivity contribution is 9.10. The van der Waals surface area contributed by atoms with Crippen molar-refractivity contribution in [3.05, 3.63) is 15.2 Å². The molecular weight excluding hydrogens is 227 g/mol. The van der Waals surface area contributed by atoms with E-state index in [1.54, 1.807) is 22.7 Å². The van der Waals surface area contributed by atoms with Gasteiger partial charge in [-0.2, -0.15) is 0 Å². The molecule has 2 heterocycles. The second-order valence-electron chi connectivity index (χ2n) is 1.93. The van der Waals surface area contributed by atoms with E-state index in [1.165, 1.54) is 9.40 Å². The largest absolute Gasteiger partial charge is 0.142 e. The Morgan fingerprint density at radius 3 is 2.60 bits per heavy atom. The first kappa shape index (κ1) is 6.89. The quantitative estimate of drug-likeness (QED) is 0.609. The van der Waals surface area contributed by atoms with Gasteiger partial charge in [0.15, 0.2) is 0 Å². The van der Waals surface area contributed by atoms with Crippen molar-refractivity contribution in [2.45, 2.75) is 0 Å². The first-order valence-electron chi connectivity index (χ1n) is 2.68. The number of thiophene rings is 2. The molecule has 0 unspecified atom stereocenters. The summed E-state index contributed by atoms with van der Waals surface area (Å²) in [6.45, 7) is 0. The van der Waals surface area contributed by atoms with E-state index in [4.69, 9.17) is 7.85 Å². The van der Waals surface area contributed by atoms with Crippen molar-refractivity contribution in [1.29, 1.82) is 0 Å². The SMILES string of the molecule is [B]c1csc2c(Br)csc12. The lowest BCUT2D eigenvalue weighted by molar-refractivity contribution is 2.09. The van der Waals surface area contributed by atoms with Crippen molar-refractivity contribution < 1.29 is 0 Å². The zero-order valence-electron chi connectivity index (χ0n) is 4.93. The fourth-order valence-electron chi connectivity index (χ4n) is 0.811. The zero-order chi connectivity index (χ0) is 7.14. The molecule has 0 aliphatic heterocycles. The standard InChI is InChI=1S/C6H2BBrS2/c7-3-1-9-6-4(8)2-10-5(3)6/h1-2H. The number of hydrogen-bond acceptors (Lipinski definition) is 2. The Kier molecular flexibility index (Phi) is 1.63.